The van der Waals surface area contributed by atoms with E-state index in [4.69, 9.17) is 14.6 Å². The number of likely N-dealkylation sites (tertiary alicyclic amines) is 1. The zero-order valence-corrected chi connectivity index (χ0v) is 12.2. The van der Waals surface area contributed by atoms with Crippen molar-refractivity contribution < 1.29 is 24.2 Å². The smallest absolute Gasteiger partial charge is 0.320 e. The minimum Gasteiger partial charge on any atom is -0.481 e. The van der Waals surface area contributed by atoms with Gasteiger partial charge in [0, 0.05) is 39.9 Å². The summed E-state index contributed by atoms with van der Waals surface area (Å²) in [5.41, 5.74) is 0. The fourth-order valence-electron chi connectivity index (χ4n) is 2.39. The van der Waals surface area contributed by atoms with Gasteiger partial charge >= 0.3 is 12.0 Å². The molecular formula is C13H24N2O5. The molecule has 1 unspecified atom stereocenters. The van der Waals surface area contributed by atoms with Crippen molar-refractivity contribution in [3.05, 3.63) is 0 Å². The highest BCUT2D eigenvalue weighted by Crippen LogP contribution is 2.21. The SMILES string of the molecule is COCCN(CCOC)C(=O)N1CCCC1CC(=O)O. The first-order chi connectivity index (χ1) is 9.60. The van der Waals surface area contributed by atoms with Crippen LogP contribution >= 0.6 is 0 Å². The number of hydrogen-bond donors (Lipinski definition) is 1. The normalized spacial score (nSPS) is 18.3. The molecule has 1 saturated heterocycles. The van der Waals surface area contributed by atoms with Crippen molar-refractivity contribution in [1.82, 2.24) is 9.80 Å². The second kappa shape index (κ2) is 8.76. The van der Waals surface area contributed by atoms with Crippen LogP contribution < -0.4 is 0 Å². The molecule has 0 aromatic rings. The zero-order valence-electron chi connectivity index (χ0n) is 12.2. The lowest BCUT2D eigenvalue weighted by Crippen LogP contribution is -2.48. The molecule has 0 saturated carbocycles. The number of urea groups is 1. The van der Waals surface area contributed by atoms with Gasteiger partial charge in [-0.2, -0.15) is 0 Å². The molecule has 2 amide bonds. The third-order valence-corrected chi connectivity index (χ3v) is 3.43. The number of ether oxygens (including phenoxy) is 2. The van der Waals surface area contributed by atoms with Crippen molar-refractivity contribution in [2.45, 2.75) is 25.3 Å². The summed E-state index contributed by atoms with van der Waals surface area (Å²) in [4.78, 5) is 26.7. The van der Waals surface area contributed by atoms with Crippen LogP contribution in [0.15, 0.2) is 0 Å². The third-order valence-electron chi connectivity index (χ3n) is 3.43. The van der Waals surface area contributed by atoms with Crippen molar-refractivity contribution in [3.8, 4) is 0 Å². The zero-order chi connectivity index (χ0) is 15.0. The quantitative estimate of drug-likeness (QED) is 0.709. The summed E-state index contributed by atoms with van der Waals surface area (Å²) in [6.45, 7) is 2.48. The molecule has 1 heterocycles. The van der Waals surface area contributed by atoms with Crippen LogP contribution in [0.1, 0.15) is 19.3 Å². The fourth-order valence-corrected chi connectivity index (χ4v) is 2.39. The van der Waals surface area contributed by atoms with Crippen LogP contribution in [0.5, 0.6) is 0 Å². The summed E-state index contributed by atoms with van der Waals surface area (Å²) in [5.74, 6) is -0.866. The summed E-state index contributed by atoms with van der Waals surface area (Å²) in [6, 6.07) is -0.324. The van der Waals surface area contributed by atoms with Gasteiger partial charge in [0.15, 0.2) is 0 Å². The Morgan fingerprint density at radius 2 is 1.85 bits per heavy atom. The lowest BCUT2D eigenvalue weighted by Gasteiger charge is -2.31. The molecule has 0 aromatic heterocycles. The van der Waals surface area contributed by atoms with Gasteiger partial charge in [0.1, 0.15) is 0 Å². The minimum atomic E-state index is -0.866. The number of aliphatic carboxylic acids is 1. The molecule has 20 heavy (non-hydrogen) atoms. The molecule has 116 valence electrons. The van der Waals surface area contributed by atoms with Gasteiger partial charge in [-0.1, -0.05) is 0 Å². The predicted molar refractivity (Wildman–Crippen MR) is 72.7 cm³/mol. The molecule has 0 aromatic carbocycles. The van der Waals surface area contributed by atoms with Gasteiger partial charge < -0.3 is 24.4 Å². The molecule has 0 bridgehead atoms. The standard InChI is InChI=1S/C13H24N2O5/c1-19-8-6-14(7-9-20-2)13(18)15-5-3-4-11(15)10-12(16)17/h11H,3-10H2,1-2H3,(H,16,17). The predicted octanol–water partition coefficient (Wildman–Crippen LogP) is 0.640. The Labute approximate surface area is 119 Å². The first kappa shape index (κ1) is 16.7. The Hall–Kier alpha value is -1.34. The number of carbonyl (C=O) groups excluding carboxylic acids is 1. The first-order valence-electron chi connectivity index (χ1n) is 6.85. The molecule has 1 aliphatic rings. The maximum atomic E-state index is 12.5. The second-order valence-corrected chi connectivity index (χ2v) is 4.84. The molecule has 0 aliphatic carbocycles. The molecule has 1 atom stereocenters. The Balaban J connectivity index is 2.63. The van der Waals surface area contributed by atoms with E-state index in [2.05, 4.69) is 0 Å². The third kappa shape index (κ3) is 4.97. The Morgan fingerprint density at radius 3 is 2.35 bits per heavy atom. The van der Waals surface area contributed by atoms with Gasteiger partial charge in [-0.05, 0) is 12.8 Å². The fraction of sp³-hybridized carbons (Fsp3) is 0.846. The number of carboxylic acids is 1. The molecule has 7 nitrogen and oxygen atoms in total. The van der Waals surface area contributed by atoms with Crippen molar-refractivity contribution in [1.29, 1.82) is 0 Å². The molecule has 7 heteroatoms. The maximum Gasteiger partial charge on any atom is 0.320 e. The molecule has 1 N–H and O–H groups in total. The van der Waals surface area contributed by atoms with Gasteiger partial charge in [-0.15, -0.1) is 0 Å². The lowest BCUT2D eigenvalue weighted by atomic mass is 10.1. The summed E-state index contributed by atoms with van der Waals surface area (Å²) < 4.78 is 10.0. The minimum absolute atomic E-state index is 0.00807. The monoisotopic (exact) mass is 288 g/mol. The lowest BCUT2D eigenvalue weighted by molar-refractivity contribution is -0.138. The number of hydrogen-bond acceptors (Lipinski definition) is 4. The van der Waals surface area contributed by atoms with Gasteiger partial charge in [0.05, 0.1) is 19.6 Å². The maximum absolute atomic E-state index is 12.5. The van der Waals surface area contributed by atoms with E-state index in [0.717, 1.165) is 12.8 Å². The van der Waals surface area contributed by atoms with E-state index in [0.29, 0.717) is 32.8 Å². The highest BCUT2D eigenvalue weighted by atomic mass is 16.5. The number of rotatable bonds is 8. The van der Waals surface area contributed by atoms with E-state index < -0.39 is 5.97 Å². The topological polar surface area (TPSA) is 79.3 Å². The molecule has 0 spiro atoms. The van der Waals surface area contributed by atoms with Crippen molar-refractivity contribution in [2.24, 2.45) is 0 Å². The highest BCUT2D eigenvalue weighted by molar-refractivity contribution is 5.76. The van der Waals surface area contributed by atoms with Crippen molar-refractivity contribution in [2.75, 3.05) is 47.1 Å². The molecule has 1 aliphatic heterocycles. The number of methoxy groups -OCH3 is 2. The van der Waals surface area contributed by atoms with Crippen LogP contribution in [0.25, 0.3) is 0 Å². The van der Waals surface area contributed by atoms with E-state index in [1.54, 1.807) is 24.0 Å². The van der Waals surface area contributed by atoms with Crippen LogP contribution in [0, 0.1) is 0 Å². The van der Waals surface area contributed by atoms with Crippen molar-refractivity contribution >= 4 is 12.0 Å². The number of carbonyl (C=O) groups is 2. The van der Waals surface area contributed by atoms with Crippen LogP contribution in [0.3, 0.4) is 0 Å². The van der Waals surface area contributed by atoms with Gasteiger partial charge in [-0.25, -0.2) is 4.79 Å². The average molecular weight is 288 g/mol. The van der Waals surface area contributed by atoms with E-state index in [-0.39, 0.29) is 18.5 Å². The highest BCUT2D eigenvalue weighted by Gasteiger charge is 2.32. The molecule has 0 radical (unpaired) electrons. The van der Waals surface area contributed by atoms with Gasteiger partial charge in [0.25, 0.3) is 0 Å². The molecular weight excluding hydrogens is 264 g/mol. The van der Waals surface area contributed by atoms with Crippen LogP contribution in [-0.2, 0) is 14.3 Å². The first-order valence-corrected chi connectivity index (χ1v) is 6.85. The number of amides is 2. The Morgan fingerprint density at radius 1 is 1.25 bits per heavy atom. The van der Waals surface area contributed by atoms with Crippen LogP contribution in [0.2, 0.25) is 0 Å². The molecule has 1 rings (SSSR count). The Bertz CT molecular complexity index is 316. The summed E-state index contributed by atoms with van der Waals surface area (Å²) in [5, 5.41) is 8.90. The number of carboxylic acid groups (broad SMARTS) is 1. The summed E-state index contributed by atoms with van der Waals surface area (Å²) in [6.07, 6.45) is 1.61. The van der Waals surface area contributed by atoms with E-state index in [9.17, 15) is 9.59 Å². The second-order valence-electron chi connectivity index (χ2n) is 4.84. The summed E-state index contributed by atoms with van der Waals surface area (Å²) in [7, 11) is 3.17. The average Bonchev–Trinajstić information content (AvgIpc) is 2.85. The van der Waals surface area contributed by atoms with Crippen LogP contribution in [-0.4, -0.2) is 80.0 Å². The van der Waals surface area contributed by atoms with Gasteiger partial charge in [-0.3, -0.25) is 4.79 Å². The largest absolute Gasteiger partial charge is 0.481 e. The van der Waals surface area contributed by atoms with E-state index in [1.807, 2.05) is 0 Å². The Kier molecular flexibility index (Phi) is 7.32. The van der Waals surface area contributed by atoms with Crippen LogP contribution in [0.4, 0.5) is 4.79 Å². The number of nitrogens with zero attached hydrogens (tertiary/aromatic N) is 2. The summed E-state index contributed by atoms with van der Waals surface area (Å²) >= 11 is 0. The van der Waals surface area contributed by atoms with Gasteiger partial charge in [0.2, 0.25) is 0 Å². The molecule has 1 fully saturated rings. The van der Waals surface area contributed by atoms with E-state index in [1.165, 1.54) is 0 Å². The van der Waals surface area contributed by atoms with Crippen molar-refractivity contribution in [3.63, 3.8) is 0 Å². The van der Waals surface area contributed by atoms with E-state index >= 15 is 0 Å².